The molecule has 0 fully saturated rings. The Labute approximate surface area is 140 Å². The second-order valence-corrected chi connectivity index (χ2v) is 6.54. The van der Waals surface area contributed by atoms with Crippen molar-refractivity contribution >= 4 is 11.7 Å². The molecule has 3 rings (SSSR count). The van der Waals surface area contributed by atoms with E-state index < -0.39 is 5.60 Å². The molecule has 0 bridgehead atoms. The lowest BCUT2D eigenvalue weighted by molar-refractivity contribution is 0.0270. The molecule has 0 aliphatic carbocycles. The highest BCUT2D eigenvalue weighted by Gasteiger charge is 2.24. The van der Waals surface area contributed by atoms with Gasteiger partial charge in [0.05, 0.1) is 11.8 Å². The van der Waals surface area contributed by atoms with Gasteiger partial charge in [0.2, 0.25) is 5.89 Å². The summed E-state index contributed by atoms with van der Waals surface area (Å²) in [5.74, 6) is 1.16. The van der Waals surface area contributed by atoms with Gasteiger partial charge in [-0.2, -0.15) is 0 Å². The van der Waals surface area contributed by atoms with Crippen molar-refractivity contribution in [3.63, 3.8) is 0 Å². The minimum absolute atomic E-state index is 0.294. The summed E-state index contributed by atoms with van der Waals surface area (Å²) in [5, 5.41) is 0. The molecular weight excluding hydrogens is 308 g/mol. The second kappa shape index (κ2) is 6.43. The van der Waals surface area contributed by atoms with Crippen molar-refractivity contribution < 1.29 is 13.9 Å². The lowest BCUT2D eigenvalue weighted by atomic mass is 10.1. The van der Waals surface area contributed by atoms with Crippen LogP contribution in [0.3, 0.4) is 0 Å². The van der Waals surface area contributed by atoms with Crippen molar-refractivity contribution in [3.8, 4) is 11.5 Å². The number of rotatable bonds is 2. The first kappa shape index (κ1) is 16.2. The average molecular weight is 328 g/mol. The minimum atomic E-state index is -0.486. The van der Waals surface area contributed by atoms with Gasteiger partial charge >= 0.3 is 6.09 Å². The number of carbonyl (C=O) groups excluding carboxylic acids is 1. The number of aromatic nitrogens is 3. The van der Waals surface area contributed by atoms with E-state index in [1.54, 1.807) is 23.5 Å². The summed E-state index contributed by atoms with van der Waals surface area (Å²) in [4.78, 5) is 26.6. The van der Waals surface area contributed by atoms with Gasteiger partial charge in [-0.1, -0.05) is 6.08 Å². The van der Waals surface area contributed by atoms with Crippen LogP contribution in [0, 0.1) is 0 Å². The van der Waals surface area contributed by atoms with Crippen molar-refractivity contribution in [2.24, 2.45) is 0 Å². The maximum absolute atomic E-state index is 12.1. The topological polar surface area (TPSA) is 81.4 Å². The van der Waals surface area contributed by atoms with Gasteiger partial charge in [0, 0.05) is 25.5 Å². The summed E-state index contributed by atoms with van der Waals surface area (Å²) in [6, 6.07) is 0. The van der Waals surface area contributed by atoms with Crippen LogP contribution in [-0.4, -0.2) is 44.6 Å². The highest BCUT2D eigenvalue weighted by molar-refractivity contribution is 5.71. The molecule has 2 aromatic heterocycles. The average Bonchev–Trinajstić information content (AvgIpc) is 3.08. The summed E-state index contributed by atoms with van der Waals surface area (Å²) in [6.45, 7) is 6.67. The maximum atomic E-state index is 12.1. The molecule has 0 spiro atoms. The fourth-order valence-electron chi connectivity index (χ4n) is 2.33. The fraction of sp³-hybridized carbons (Fsp3) is 0.412. The summed E-state index contributed by atoms with van der Waals surface area (Å²) >= 11 is 0. The van der Waals surface area contributed by atoms with Crippen molar-refractivity contribution in [1.82, 2.24) is 19.9 Å². The maximum Gasteiger partial charge on any atom is 0.410 e. The molecular formula is C17H20N4O3. The molecule has 0 saturated carbocycles. The summed E-state index contributed by atoms with van der Waals surface area (Å²) in [7, 11) is 0. The van der Waals surface area contributed by atoms with E-state index in [4.69, 9.17) is 9.15 Å². The number of amides is 1. The standard InChI is InChI=1S/C17H20N4O3/c1-17(2,3)24-16(22)21-7-4-12(5-8-21)14-19-10-13(11-20-14)15-18-6-9-23-15/h4,6,9-11H,5,7-8H2,1-3H3. The molecule has 0 unspecified atom stereocenters. The first-order chi connectivity index (χ1) is 11.4. The first-order valence-electron chi connectivity index (χ1n) is 7.81. The second-order valence-electron chi connectivity index (χ2n) is 6.54. The number of oxazole rings is 1. The summed E-state index contributed by atoms with van der Waals surface area (Å²) in [6.07, 6.45) is 8.84. The molecule has 7 heteroatoms. The van der Waals surface area contributed by atoms with Gasteiger partial charge in [0.25, 0.3) is 0 Å². The van der Waals surface area contributed by atoms with E-state index in [0.29, 0.717) is 31.2 Å². The highest BCUT2D eigenvalue weighted by atomic mass is 16.6. The normalized spacial score (nSPS) is 15.1. The van der Waals surface area contributed by atoms with E-state index in [1.807, 2.05) is 26.8 Å². The van der Waals surface area contributed by atoms with E-state index in [1.165, 1.54) is 6.26 Å². The summed E-state index contributed by atoms with van der Waals surface area (Å²) < 4.78 is 10.6. The molecule has 7 nitrogen and oxygen atoms in total. The van der Waals surface area contributed by atoms with E-state index in [-0.39, 0.29) is 6.09 Å². The Morgan fingerprint density at radius 1 is 1.25 bits per heavy atom. The van der Waals surface area contributed by atoms with Gasteiger partial charge in [-0.15, -0.1) is 0 Å². The third-order valence-electron chi connectivity index (χ3n) is 3.48. The number of nitrogens with zero attached hydrogens (tertiary/aromatic N) is 4. The van der Waals surface area contributed by atoms with E-state index in [2.05, 4.69) is 15.0 Å². The fourth-order valence-corrected chi connectivity index (χ4v) is 2.33. The largest absolute Gasteiger partial charge is 0.444 e. The number of hydrogen-bond donors (Lipinski definition) is 0. The molecule has 0 atom stereocenters. The SMILES string of the molecule is CC(C)(C)OC(=O)N1CC=C(c2ncc(-c3ncco3)cn2)CC1. The van der Waals surface area contributed by atoms with Gasteiger partial charge in [0.1, 0.15) is 11.9 Å². The van der Waals surface area contributed by atoms with Crippen LogP contribution >= 0.6 is 0 Å². The van der Waals surface area contributed by atoms with E-state index in [0.717, 1.165) is 11.1 Å². The Kier molecular flexibility index (Phi) is 4.33. The van der Waals surface area contributed by atoms with Gasteiger partial charge in [-0.3, -0.25) is 0 Å². The zero-order chi connectivity index (χ0) is 17.2. The predicted octanol–water partition coefficient (Wildman–Crippen LogP) is 3.16. The molecule has 2 aromatic rings. The Balaban J connectivity index is 1.66. The van der Waals surface area contributed by atoms with Crippen molar-refractivity contribution in [2.45, 2.75) is 32.8 Å². The van der Waals surface area contributed by atoms with Gasteiger partial charge in [-0.05, 0) is 32.8 Å². The van der Waals surface area contributed by atoms with Crippen LogP contribution in [0.2, 0.25) is 0 Å². The lowest BCUT2D eigenvalue weighted by Crippen LogP contribution is -2.39. The highest BCUT2D eigenvalue weighted by Crippen LogP contribution is 2.22. The zero-order valence-electron chi connectivity index (χ0n) is 14.0. The Morgan fingerprint density at radius 3 is 2.54 bits per heavy atom. The first-order valence-corrected chi connectivity index (χ1v) is 7.81. The molecule has 126 valence electrons. The molecule has 0 N–H and O–H groups in total. The predicted molar refractivity (Wildman–Crippen MR) is 87.9 cm³/mol. The van der Waals surface area contributed by atoms with Crippen LogP contribution < -0.4 is 0 Å². The molecule has 3 heterocycles. The Hall–Kier alpha value is -2.70. The Morgan fingerprint density at radius 2 is 2.00 bits per heavy atom. The molecule has 1 aliphatic heterocycles. The third-order valence-corrected chi connectivity index (χ3v) is 3.48. The smallest absolute Gasteiger partial charge is 0.410 e. The van der Waals surface area contributed by atoms with Gasteiger partial charge < -0.3 is 14.1 Å². The quantitative estimate of drug-likeness (QED) is 0.842. The number of ether oxygens (including phenoxy) is 1. The summed E-state index contributed by atoms with van der Waals surface area (Å²) in [5.41, 5.74) is 1.27. The van der Waals surface area contributed by atoms with E-state index in [9.17, 15) is 4.79 Å². The van der Waals surface area contributed by atoms with Gasteiger partial charge in [-0.25, -0.2) is 19.7 Å². The molecule has 24 heavy (non-hydrogen) atoms. The van der Waals surface area contributed by atoms with Crippen LogP contribution in [0.15, 0.2) is 35.3 Å². The van der Waals surface area contributed by atoms with Crippen LogP contribution in [0.4, 0.5) is 4.79 Å². The zero-order valence-corrected chi connectivity index (χ0v) is 14.0. The van der Waals surface area contributed by atoms with Crippen molar-refractivity contribution in [2.75, 3.05) is 13.1 Å². The van der Waals surface area contributed by atoms with Crippen LogP contribution in [0.5, 0.6) is 0 Å². The molecule has 1 aliphatic rings. The molecule has 0 saturated heterocycles. The van der Waals surface area contributed by atoms with Crippen molar-refractivity contribution in [3.05, 3.63) is 36.8 Å². The van der Waals surface area contributed by atoms with E-state index >= 15 is 0 Å². The number of hydrogen-bond acceptors (Lipinski definition) is 6. The molecule has 0 radical (unpaired) electrons. The monoisotopic (exact) mass is 328 g/mol. The van der Waals surface area contributed by atoms with Crippen molar-refractivity contribution in [1.29, 1.82) is 0 Å². The van der Waals surface area contributed by atoms with Crippen LogP contribution in [0.25, 0.3) is 17.0 Å². The number of carbonyl (C=O) groups is 1. The third kappa shape index (κ3) is 3.79. The van der Waals surface area contributed by atoms with Crippen LogP contribution in [0.1, 0.15) is 33.0 Å². The minimum Gasteiger partial charge on any atom is -0.444 e. The van der Waals surface area contributed by atoms with Gasteiger partial charge in [0.15, 0.2) is 5.82 Å². The molecule has 1 amide bonds. The molecule has 0 aromatic carbocycles. The lowest BCUT2D eigenvalue weighted by Gasteiger charge is -2.29. The van der Waals surface area contributed by atoms with Crippen LogP contribution in [-0.2, 0) is 4.74 Å². The Bertz CT molecular complexity index is 730.